The first-order valence-corrected chi connectivity index (χ1v) is 9.07. The molecule has 0 unspecified atom stereocenters. The summed E-state index contributed by atoms with van der Waals surface area (Å²) < 4.78 is 11.3. The first-order valence-electron chi connectivity index (χ1n) is 9.07. The van der Waals surface area contributed by atoms with Gasteiger partial charge in [0.25, 0.3) is 0 Å². The number of benzene rings is 1. The van der Waals surface area contributed by atoms with E-state index in [1.54, 1.807) is 7.11 Å². The van der Waals surface area contributed by atoms with Gasteiger partial charge in [0.15, 0.2) is 11.5 Å². The van der Waals surface area contributed by atoms with E-state index < -0.39 is 0 Å². The molecule has 0 aliphatic heterocycles. The molecule has 0 aliphatic carbocycles. The maximum absolute atomic E-state index is 5.91. The van der Waals surface area contributed by atoms with Crippen LogP contribution in [0.3, 0.4) is 0 Å². The molecule has 0 amide bonds. The molecule has 2 aromatic rings. The first kappa shape index (κ1) is 20.2. The van der Waals surface area contributed by atoms with Gasteiger partial charge in [-0.2, -0.15) is 0 Å². The van der Waals surface area contributed by atoms with E-state index in [1.165, 1.54) is 11.1 Å². The molecule has 0 N–H and O–H groups in total. The molecule has 26 heavy (non-hydrogen) atoms. The average Bonchev–Trinajstić information content (AvgIpc) is 2.60. The molecule has 0 fully saturated rings. The zero-order valence-electron chi connectivity index (χ0n) is 16.6. The van der Waals surface area contributed by atoms with Crippen LogP contribution in [0, 0.1) is 0 Å². The van der Waals surface area contributed by atoms with Gasteiger partial charge in [0.2, 0.25) is 0 Å². The standard InChI is InChI=1S/C21H31N3O2/c1-17(2)26-21-13-18(8-9-20(21)25-5)15-24(12-11-23(3)4)16-19-7-6-10-22-14-19/h6-10,13-14,17H,11-12,15-16H2,1-5H3. The summed E-state index contributed by atoms with van der Waals surface area (Å²) >= 11 is 0. The number of hydrogen-bond donors (Lipinski definition) is 0. The normalized spacial score (nSPS) is 11.4. The molecule has 0 aliphatic rings. The van der Waals surface area contributed by atoms with Crippen molar-refractivity contribution in [1.82, 2.24) is 14.8 Å². The second-order valence-electron chi connectivity index (χ2n) is 7.03. The van der Waals surface area contributed by atoms with Gasteiger partial charge in [-0.25, -0.2) is 0 Å². The van der Waals surface area contributed by atoms with Crippen LogP contribution in [0.4, 0.5) is 0 Å². The Labute approximate surface area is 157 Å². The second-order valence-corrected chi connectivity index (χ2v) is 7.03. The SMILES string of the molecule is COc1ccc(CN(CCN(C)C)Cc2cccnc2)cc1OC(C)C. The zero-order valence-corrected chi connectivity index (χ0v) is 16.6. The molecule has 0 saturated heterocycles. The molecule has 1 heterocycles. The monoisotopic (exact) mass is 357 g/mol. The second kappa shape index (κ2) is 10.1. The molecule has 0 bridgehead atoms. The lowest BCUT2D eigenvalue weighted by Gasteiger charge is -2.25. The number of likely N-dealkylation sites (N-methyl/N-ethyl adjacent to an activating group) is 1. The van der Waals surface area contributed by atoms with E-state index in [1.807, 2.05) is 38.4 Å². The minimum absolute atomic E-state index is 0.111. The quantitative estimate of drug-likeness (QED) is 0.651. The zero-order chi connectivity index (χ0) is 18.9. The molecule has 1 aromatic heterocycles. The van der Waals surface area contributed by atoms with Crippen molar-refractivity contribution in [3.63, 3.8) is 0 Å². The van der Waals surface area contributed by atoms with E-state index in [2.05, 4.69) is 47.1 Å². The number of rotatable bonds is 10. The van der Waals surface area contributed by atoms with E-state index in [0.717, 1.165) is 37.7 Å². The molecule has 1 aromatic carbocycles. The maximum atomic E-state index is 5.91. The Morgan fingerprint density at radius 1 is 1.00 bits per heavy atom. The summed E-state index contributed by atoms with van der Waals surface area (Å²) in [5.74, 6) is 1.57. The number of aromatic nitrogens is 1. The van der Waals surface area contributed by atoms with Gasteiger partial charge in [0.05, 0.1) is 13.2 Å². The van der Waals surface area contributed by atoms with Gasteiger partial charge in [0.1, 0.15) is 0 Å². The van der Waals surface area contributed by atoms with E-state index in [9.17, 15) is 0 Å². The summed E-state index contributed by atoms with van der Waals surface area (Å²) in [6, 6.07) is 10.3. The van der Waals surface area contributed by atoms with Crippen molar-refractivity contribution >= 4 is 0 Å². The Hall–Kier alpha value is -2.11. The summed E-state index contributed by atoms with van der Waals surface area (Å²) in [6.45, 7) is 7.76. The fourth-order valence-corrected chi connectivity index (χ4v) is 2.73. The van der Waals surface area contributed by atoms with Gasteiger partial charge < -0.3 is 14.4 Å². The molecular formula is C21H31N3O2. The molecule has 5 nitrogen and oxygen atoms in total. The van der Waals surface area contributed by atoms with Gasteiger partial charge >= 0.3 is 0 Å². The fourth-order valence-electron chi connectivity index (χ4n) is 2.73. The van der Waals surface area contributed by atoms with Crippen LogP contribution in [0.5, 0.6) is 11.5 Å². The van der Waals surface area contributed by atoms with E-state index >= 15 is 0 Å². The Kier molecular flexibility index (Phi) is 7.88. The van der Waals surface area contributed by atoms with Crippen molar-refractivity contribution in [2.24, 2.45) is 0 Å². The van der Waals surface area contributed by atoms with Crippen LogP contribution in [-0.4, -0.2) is 55.2 Å². The molecule has 0 atom stereocenters. The van der Waals surface area contributed by atoms with Crippen molar-refractivity contribution in [2.45, 2.75) is 33.0 Å². The van der Waals surface area contributed by atoms with Crippen molar-refractivity contribution in [2.75, 3.05) is 34.3 Å². The van der Waals surface area contributed by atoms with Crippen molar-refractivity contribution in [3.05, 3.63) is 53.9 Å². The van der Waals surface area contributed by atoms with Crippen molar-refractivity contribution < 1.29 is 9.47 Å². The summed E-state index contributed by atoms with van der Waals surface area (Å²) in [6.07, 6.45) is 3.86. The highest BCUT2D eigenvalue weighted by Gasteiger charge is 2.12. The lowest BCUT2D eigenvalue weighted by atomic mass is 10.1. The Morgan fingerprint density at radius 2 is 1.77 bits per heavy atom. The molecule has 0 spiro atoms. The number of hydrogen-bond acceptors (Lipinski definition) is 5. The Morgan fingerprint density at radius 3 is 2.38 bits per heavy atom. The van der Waals surface area contributed by atoms with Crippen molar-refractivity contribution in [3.8, 4) is 11.5 Å². The lowest BCUT2D eigenvalue weighted by molar-refractivity contribution is 0.220. The fraction of sp³-hybridized carbons (Fsp3) is 0.476. The minimum atomic E-state index is 0.111. The van der Waals surface area contributed by atoms with E-state index in [-0.39, 0.29) is 6.10 Å². The van der Waals surface area contributed by atoms with Crippen LogP contribution in [0.2, 0.25) is 0 Å². The topological polar surface area (TPSA) is 37.8 Å². The average molecular weight is 357 g/mol. The summed E-state index contributed by atoms with van der Waals surface area (Å²) in [4.78, 5) is 8.87. The summed E-state index contributed by atoms with van der Waals surface area (Å²) in [5.41, 5.74) is 2.43. The Bertz CT molecular complexity index is 660. The van der Waals surface area contributed by atoms with Gasteiger partial charge in [-0.3, -0.25) is 9.88 Å². The number of ether oxygens (including phenoxy) is 2. The highest BCUT2D eigenvalue weighted by atomic mass is 16.5. The maximum Gasteiger partial charge on any atom is 0.161 e. The predicted molar refractivity (Wildman–Crippen MR) is 106 cm³/mol. The van der Waals surface area contributed by atoms with Crippen LogP contribution >= 0.6 is 0 Å². The van der Waals surface area contributed by atoms with Gasteiger partial charge in [-0.15, -0.1) is 0 Å². The molecule has 142 valence electrons. The number of nitrogens with zero attached hydrogens (tertiary/aromatic N) is 3. The third kappa shape index (κ3) is 6.65. The number of pyridine rings is 1. The minimum Gasteiger partial charge on any atom is -0.493 e. The Balaban J connectivity index is 2.15. The predicted octanol–water partition coefficient (Wildman–Crippen LogP) is 3.44. The molecule has 5 heteroatoms. The van der Waals surface area contributed by atoms with Crippen LogP contribution in [-0.2, 0) is 13.1 Å². The van der Waals surface area contributed by atoms with Crippen LogP contribution in [0.25, 0.3) is 0 Å². The van der Waals surface area contributed by atoms with Gasteiger partial charge in [0, 0.05) is 38.6 Å². The third-order valence-corrected chi connectivity index (χ3v) is 3.99. The lowest BCUT2D eigenvalue weighted by Crippen LogP contribution is -2.31. The third-order valence-electron chi connectivity index (χ3n) is 3.99. The highest BCUT2D eigenvalue weighted by Crippen LogP contribution is 2.29. The highest BCUT2D eigenvalue weighted by molar-refractivity contribution is 5.43. The molecule has 2 rings (SSSR count). The van der Waals surface area contributed by atoms with Crippen molar-refractivity contribution in [1.29, 1.82) is 0 Å². The van der Waals surface area contributed by atoms with Crippen LogP contribution < -0.4 is 9.47 Å². The van der Waals surface area contributed by atoms with E-state index in [4.69, 9.17) is 9.47 Å². The van der Waals surface area contributed by atoms with Crippen LogP contribution in [0.15, 0.2) is 42.7 Å². The van der Waals surface area contributed by atoms with Gasteiger partial charge in [-0.1, -0.05) is 12.1 Å². The van der Waals surface area contributed by atoms with Gasteiger partial charge in [-0.05, 0) is 57.3 Å². The molecular weight excluding hydrogens is 326 g/mol. The number of methoxy groups -OCH3 is 1. The van der Waals surface area contributed by atoms with Crippen LogP contribution in [0.1, 0.15) is 25.0 Å². The first-order chi connectivity index (χ1) is 12.5. The van der Waals surface area contributed by atoms with E-state index in [0.29, 0.717) is 0 Å². The largest absolute Gasteiger partial charge is 0.493 e. The molecule has 0 saturated carbocycles. The summed E-state index contributed by atoms with van der Waals surface area (Å²) in [7, 11) is 5.88. The molecule has 0 radical (unpaired) electrons. The smallest absolute Gasteiger partial charge is 0.161 e. The summed E-state index contributed by atoms with van der Waals surface area (Å²) in [5, 5.41) is 0.